The van der Waals surface area contributed by atoms with E-state index in [-0.39, 0.29) is 11.0 Å². The molecule has 88 valence electrons. The molecule has 0 spiro atoms. The number of hydrogen-bond donors (Lipinski definition) is 0. The first-order valence-corrected chi connectivity index (χ1v) is 5.47. The largest absolute Gasteiger partial charge is 0.497 e. The second-order valence-corrected chi connectivity index (χ2v) is 3.90. The van der Waals surface area contributed by atoms with E-state index in [1.807, 2.05) is 24.3 Å². The van der Waals surface area contributed by atoms with Gasteiger partial charge in [0.05, 0.1) is 18.9 Å². The Balaban J connectivity index is 2.10. The minimum Gasteiger partial charge on any atom is -0.497 e. The van der Waals surface area contributed by atoms with E-state index in [1.54, 1.807) is 13.2 Å². The average Bonchev–Trinajstić information content (AvgIpc) is 2.76. The predicted molar refractivity (Wildman–Crippen MR) is 64.7 cm³/mol. The monoisotopic (exact) mass is 250 g/mol. The molecule has 0 saturated carbocycles. The third-order valence-corrected chi connectivity index (χ3v) is 2.73. The van der Waals surface area contributed by atoms with E-state index in [2.05, 4.69) is 0 Å². The topological polar surface area (TPSA) is 39.4 Å². The van der Waals surface area contributed by atoms with Gasteiger partial charge in [0.2, 0.25) is 5.22 Å². The van der Waals surface area contributed by atoms with E-state index in [0.29, 0.717) is 12.0 Å². The van der Waals surface area contributed by atoms with Crippen LogP contribution in [-0.2, 0) is 6.42 Å². The molecule has 1 aromatic carbocycles. The molecule has 0 aliphatic carbocycles. The van der Waals surface area contributed by atoms with Crippen molar-refractivity contribution in [1.29, 1.82) is 0 Å². The maximum atomic E-state index is 11.9. The fourth-order valence-corrected chi connectivity index (χ4v) is 1.74. The van der Waals surface area contributed by atoms with Gasteiger partial charge in [-0.2, -0.15) is 0 Å². The highest BCUT2D eigenvalue weighted by molar-refractivity contribution is 6.32. The second-order valence-electron chi connectivity index (χ2n) is 3.56. The zero-order valence-electron chi connectivity index (χ0n) is 9.27. The summed E-state index contributed by atoms with van der Waals surface area (Å²) in [5, 5.41) is 0.142. The highest BCUT2D eigenvalue weighted by Crippen LogP contribution is 2.19. The van der Waals surface area contributed by atoms with Gasteiger partial charge in [0.15, 0.2) is 5.78 Å². The molecule has 3 nitrogen and oxygen atoms in total. The van der Waals surface area contributed by atoms with Crippen molar-refractivity contribution < 1.29 is 13.9 Å². The van der Waals surface area contributed by atoms with Gasteiger partial charge < -0.3 is 9.15 Å². The van der Waals surface area contributed by atoms with Crippen LogP contribution in [0, 0.1) is 0 Å². The smallest absolute Gasteiger partial charge is 0.203 e. The Bertz CT molecular complexity index is 514. The number of halogens is 1. The Hall–Kier alpha value is -1.74. The molecule has 1 aromatic heterocycles. The van der Waals surface area contributed by atoms with Gasteiger partial charge in [-0.25, -0.2) is 0 Å². The van der Waals surface area contributed by atoms with Crippen LogP contribution in [0.2, 0.25) is 5.22 Å². The van der Waals surface area contributed by atoms with Crippen LogP contribution in [-0.4, -0.2) is 12.9 Å². The molecular weight excluding hydrogens is 240 g/mol. The fraction of sp³-hybridized carbons (Fsp3) is 0.154. The van der Waals surface area contributed by atoms with Gasteiger partial charge in [0.25, 0.3) is 0 Å². The molecule has 4 heteroatoms. The molecule has 0 saturated heterocycles. The molecule has 0 fully saturated rings. The van der Waals surface area contributed by atoms with Gasteiger partial charge in [-0.05, 0) is 35.4 Å². The summed E-state index contributed by atoms with van der Waals surface area (Å²) in [7, 11) is 1.60. The maximum Gasteiger partial charge on any atom is 0.203 e. The van der Waals surface area contributed by atoms with Gasteiger partial charge in [-0.3, -0.25) is 4.79 Å². The van der Waals surface area contributed by atoms with Crippen molar-refractivity contribution >= 4 is 17.4 Å². The quantitative estimate of drug-likeness (QED) is 0.781. The summed E-state index contributed by atoms with van der Waals surface area (Å²) in [6.45, 7) is 0. The summed E-state index contributed by atoms with van der Waals surface area (Å²) in [5.41, 5.74) is 1.33. The minimum atomic E-state index is -0.0612. The number of carbonyl (C=O) groups excluding carboxylic acids is 1. The highest BCUT2D eigenvalue weighted by atomic mass is 35.5. The first kappa shape index (κ1) is 11.7. The summed E-state index contributed by atoms with van der Waals surface area (Å²) >= 11 is 5.74. The van der Waals surface area contributed by atoms with E-state index in [9.17, 15) is 4.79 Å². The van der Waals surface area contributed by atoms with Crippen molar-refractivity contribution in [2.45, 2.75) is 6.42 Å². The minimum absolute atomic E-state index is 0.0612. The Kier molecular flexibility index (Phi) is 3.49. The number of Topliss-reactive ketones (excluding diaryl/α,β-unsaturated/α-hetero) is 1. The highest BCUT2D eigenvalue weighted by Gasteiger charge is 2.13. The molecule has 0 bridgehead atoms. The molecule has 2 rings (SSSR count). The number of furan rings is 1. The summed E-state index contributed by atoms with van der Waals surface area (Å²) in [6.07, 6.45) is 1.70. The first-order valence-electron chi connectivity index (χ1n) is 5.10. The van der Waals surface area contributed by atoms with Crippen LogP contribution in [0.3, 0.4) is 0 Å². The molecule has 0 amide bonds. The van der Waals surface area contributed by atoms with Crippen LogP contribution in [0.25, 0.3) is 0 Å². The zero-order chi connectivity index (χ0) is 12.3. The van der Waals surface area contributed by atoms with Crippen LogP contribution in [0.15, 0.2) is 41.0 Å². The van der Waals surface area contributed by atoms with Gasteiger partial charge in [-0.15, -0.1) is 0 Å². The standard InChI is InChI=1S/C13H11ClO3/c1-16-10-4-2-9(3-5-10)8-12(15)11-6-7-17-13(11)14/h2-7H,8H2,1H3. The number of ketones is 1. The number of hydrogen-bond acceptors (Lipinski definition) is 3. The lowest BCUT2D eigenvalue weighted by Crippen LogP contribution is -2.02. The Morgan fingerprint density at radius 2 is 2.00 bits per heavy atom. The van der Waals surface area contributed by atoms with Crippen LogP contribution < -0.4 is 4.74 Å². The lowest BCUT2D eigenvalue weighted by atomic mass is 10.1. The summed E-state index contributed by atoms with van der Waals surface area (Å²) in [6, 6.07) is 8.92. The Morgan fingerprint density at radius 1 is 1.29 bits per heavy atom. The molecule has 0 N–H and O–H groups in total. The first-order chi connectivity index (χ1) is 8.20. The number of ether oxygens (including phenoxy) is 1. The normalized spacial score (nSPS) is 10.2. The number of methoxy groups -OCH3 is 1. The van der Waals surface area contributed by atoms with Crippen LogP contribution in [0.1, 0.15) is 15.9 Å². The Morgan fingerprint density at radius 3 is 2.53 bits per heavy atom. The summed E-state index contributed by atoms with van der Waals surface area (Å²) in [5.74, 6) is 0.705. The molecule has 17 heavy (non-hydrogen) atoms. The second kappa shape index (κ2) is 5.06. The van der Waals surface area contributed by atoms with E-state index >= 15 is 0 Å². The molecule has 0 radical (unpaired) electrons. The van der Waals surface area contributed by atoms with Crippen LogP contribution in [0.4, 0.5) is 0 Å². The lowest BCUT2D eigenvalue weighted by Gasteiger charge is -2.02. The van der Waals surface area contributed by atoms with E-state index in [0.717, 1.165) is 11.3 Å². The number of benzene rings is 1. The van der Waals surface area contributed by atoms with Crippen molar-refractivity contribution in [2.24, 2.45) is 0 Å². The molecule has 0 aliphatic rings. The van der Waals surface area contributed by atoms with Crippen LogP contribution in [0.5, 0.6) is 5.75 Å². The van der Waals surface area contributed by atoms with E-state index in [4.69, 9.17) is 20.8 Å². The predicted octanol–water partition coefficient (Wildman–Crippen LogP) is 3.37. The SMILES string of the molecule is COc1ccc(CC(=O)c2ccoc2Cl)cc1. The molecule has 2 aromatic rings. The molecule has 0 unspecified atom stereocenters. The fourth-order valence-electron chi connectivity index (χ4n) is 1.52. The summed E-state index contributed by atoms with van der Waals surface area (Å²) in [4.78, 5) is 11.9. The average molecular weight is 251 g/mol. The van der Waals surface area contributed by atoms with Crippen molar-refractivity contribution in [3.63, 3.8) is 0 Å². The molecule has 0 atom stereocenters. The van der Waals surface area contributed by atoms with Gasteiger partial charge >= 0.3 is 0 Å². The Labute approximate surface area is 104 Å². The zero-order valence-corrected chi connectivity index (χ0v) is 10.0. The lowest BCUT2D eigenvalue weighted by molar-refractivity contribution is 0.0992. The van der Waals surface area contributed by atoms with Crippen molar-refractivity contribution in [1.82, 2.24) is 0 Å². The third kappa shape index (κ3) is 2.68. The maximum absolute atomic E-state index is 11.9. The number of rotatable bonds is 4. The number of carbonyl (C=O) groups is 1. The van der Waals surface area contributed by atoms with Crippen molar-refractivity contribution in [3.8, 4) is 5.75 Å². The van der Waals surface area contributed by atoms with Gasteiger partial charge in [0.1, 0.15) is 5.75 Å². The molecular formula is C13H11ClO3. The van der Waals surface area contributed by atoms with E-state index < -0.39 is 0 Å². The van der Waals surface area contributed by atoms with Gasteiger partial charge in [-0.1, -0.05) is 12.1 Å². The van der Waals surface area contributed by atoms with Crippen LogP contribution >= 0.6 is 11.6 Å². The molecule has 1 heterocycles. The van der Waals surface area contributed by atoms with E-state index in [1.165, 1.54) is 6.26 Å². The van der Waals surface area contributed by atoms with Crippen molar-refractivity contribution in [3.05, 3.63) is 52.9 Å². The molecule has 0 aliphatic heterocycles. The third-order valence-electron chi connectivity index (χ3n) is 2.44. The summed E-state index contributed by atoms with van der Waals surface area (Å²) < 4.78 is 9.93. The van der Waals surface area contributed by atoms with Gasteiger partial charge in [0, 0.05) is 6.42 Å². The van der Waals surface area contributed by atoms with Crippen molar-refractivity contribution in [2.75, 3.05) is 7.11 Å².